The Hall–Kier alpha value is 0.0900. The minimum atomic E-state index is 0.539. The Bertz CT molecular complexity index is 605. The summed E-state index contributed by atoms with van der Waals surface area (Å²) in [6, 6.07) is 0. The summed E-state index contributed by atoms with van der Waals surface area (Å²) in [5, 5.41) is 0.891. The molecule has 0 bridgehead atoms. The molecular weight excluding hydrogens is 368 g/mol. The molecule has 0 spiro atoms. The molecule has 4 aliphatic carbocycles. The zero-order valence-electron chi connectivity index (χ0n) is 20.3. The van der Waals surface area contributed by atoms with E-state index in [1.54, 1.807) is 0 Å². The Morgan fingerprint density at radius 2 is 1.79 bits per heavy atom. The number of thioether (sulfide) groups is 1. The van der Waals surface area contributed by atoms with Crippen molar-refractivity contribution in [2.45, 2.75) is 110 Å². The quantitative estimate of drug-likeness (QED) is 0.390. The van der Waals surface area contributed by atoms with Crippen molar-refractivity contribution in [3.05, 3.63) is 11.6 Å². The molecule has 0 N–H and O–H groups in total. The number of fused-ring (bicyclic) bond motifs is 5. The Morgan fingerprint density at radius 1 is 1.00 bits per heavy atom. The van der Waals surface area contributed by atoms with E-state index in [4.69, 9.17) is 0 Å². The molecule has 0 radical (unpaired) electrons. The second-order valence-electron chi connectivity index (χ2n) is 12.4. The van der Waals surface area contributed by atoms with Crippen LogP contribution in [-0.4, -0.2) is 11.5 Å². The maximum atomic E-state index is 2.76. The van der Waals surface area contributed by atoms with Crippen LogP contribution in [0.5, 0.6) is 0 Å². The van der Waals surface area contributed by atoms with Crippen LogP contribution in [-0.2, 0) is 0 Å². The van der Waals surface area contributed by atoms with Crippen LogP contribution in [0.25, 0.3) is 0 Å². The molecule has 0 aliphatic heterocycles. The van der Waals surface area contributed by atoms with Crippen molar-refractivity contribution in [1.29, 1.82) is 0 Å². The van der Waals surface area contributed by atoms with Gasteiger partial charge in [0.1, 0.15) is 0 Å². The Morgan fingerprint density at radius 3 is 2.52 bits per heavy atom. The molecule has 0 aromatic rings. The van der Waals surface area contributed by atoms with Crippen LogP contribution in [0.2, 0.25) is 0 Å². The molecular formula is C28H48S. The van der Waals surface area contributed by atoms with Crippen molar-refractivity contribution < 1.29 is 0 Å². The second kappa shape index (κ2) is 8.55. The van der Waals surface area contributed by atoms with Crippen molar-refractivity contribution in [1.82, 2.24) is 0 Å². The molecule has 166 valence electrons. The fourth-order valence-corrected chi connectivity index (χ4v) is 9.55. The van der Waals surface area contributed by atoms with Gasteiger partial charge in [0, 0.05) is 5.25 Å². The highest BCUT2D eigenvalue weighted by Gasteiger charge is 2.59. The average Bonchev–Trinajstić information content (AvgIpc) is 3.04. The van der Waals surface area contributed by atoms with Gasteiger partial charge in [-0.15, -0.1) is 0 Å². The third kappa shape index (κ3) is 3.89. The van der Waals surface area contributed by atoms with Gasteiger partial charge in [-0.2, -0.15) is 11.8 Å². The predicted octanol–water partition coefficient (Wildman–Crippen LogP) is 8.76. The minimum absolute atomic E-state index is 0.539. The summed E-state index contributed by atoms with van der Waals surface area (Å²) >= 11 is 2.12. The lowest BCUT2D eigenvalue weighted by atomic mass is 9.47. The van der Waals surface area contributed by atoms with Crippen LogP contribution in [0.1, 0.15) is 105 Å². The third-order valence-electron chi connectivity index (χ3n) is 10.6. The molecule has 0 aromatic carbocycles. The van der Waals surface area contributed by atoms with E-state index >= 15 is 0 Å². The molecule has 4 rings (SSSR count). The Balaban J connectivity index is 1.48. The zero-order valence-corrected chi connectivity index (χ0v) is 21.1. The van der Waals surface area contributed by atoms with E-state index in [1.165, 1.54) is 70.6 Å². The second-order valence-corrected chi connectivity index (χ2v) is 13.5. The molecule has 8 atom stereocenters. The van der Waals surface area contributed by atoms with Gasteiger partial charge in [-0.25, -0.2) is 0 Å². The molecule has 1 heteroatoms. The maximum absolute atomic E-state index is 2.76. The molecule has 0 amide bonds. The lowest BCUT2D eigenvalue weighted by Gasteiger charge is -2.58. The van der Waals surface area contributed by atoms with Gasteiger partial charge < -0.3 is 0 Å². The van der Waals surface area contributed by atoms with Crippen molar-refractivity contribution in [2.24, 2.45) is 46.3 Å². The lowest BCUT2D eigenvalue weighted by Crippen LogP contribution is -2.50. The van der Waals surface area contributed by atoms with E-state index in [0.29, 0.717) is 10.8 Å². The van der Waals surface area contributed by atoms with E-state index in [1.807, 2.05) is 5.57 Å². The van der Waals surface area contributed by atoms with Gasteiger partial charge >= 0.3 is 0 Å². The van der Waals surface area contributed by atoms with Gasteiger partial charge in [-0.1, -0.05) is 65.5 Å². The van der Waals surface area contributed by atoms with Crippen LogP contribution in [0.15, 0.2) is 11.6 Å². The fraction of sp³-hybridized carbons (Fsp3) is 0.929. The molecule has 0 unspecified atom stereocenters. The first-order chi connectivity index (χ1) is 13.8. The monoisotopic (exact) mass is 416 g/mol. The van der Waals surface area contributed by atoms with Crippen LogP contribution in [0.3, 0.4) is 0 Å². The highest BCUT2D eigenvalue weighted by molar-refractivity contribution is 7.99. The first-order valence-corrected chi connectivity index (χ1v) is 14.3. The molecule has 0 saturated heterocycles. The number of allylic oxidation sites excluding steroid dienone is 2. The number of hydrogen-bond donors (Lipinski definition) is 0. The van der Waals surface area contributed by atoms with Gasteiger partial charge in [0.2, 0.25) is 0 Å². The number of rotatable bonds is 6. The van der Waals surface area contributed by atoms with Crippen molar-refractivity contribution in [3.63, 3.8) is 0 Å². The average molecular weight is 417 g/mol. The summed E-state index contributed by atoms with van der Waals surface area (Å²) in [6.07, 6.45) is 21.2. The summed E-state index contributed by atoms with van der Waals surface area (Å²) in [6.45, 7) is 12.8. The normalized spacial score (nSPS) is 45.3. The van der Waals surface area contributed by atoms with E-state index in [9.17, 15) is 0 Å². The molecule has 3 fully saturated rings. The fourth-order valence-electron chi connectivity index (χ4n) is 8.85. The summed E-state index contributed by atoms with van der Waals surface area (Å²) in [7, 11) is 0. The molecule has 0 aromatic heterocycles. The van der Waals surface area contributed by atoms with Gasteiger partial charge in [0.05, 0.1) is 0 Å². The van der Waals surface area contributed by atoms with Gasteiger partial charge in [-0.3, -0.25) is 0 Å². The molecule has 0 heterocycles. The Kier molecular flexibility index (Phi) is 6.57. The molecule has 29 heavy (non-hydrogen) atoms. The van der Waals surface area contributed by atoms with E-state index in [-0.39, 0.29) is 0 Å². The first-order valence-electron chi connectivity index (χ1n) is 13.0. The summed E-state index contributed by atoms with van der Waals surface area (Å²) in [5.74, 6) is 5.77. The summed E-state index contributed by atoms with van der Waals surface area (Å²) < 4.78 is 0. The van der Waals surface area contributed by atoms with Crippen molar-refractivity contribution in [3.8, 4) is 0 Å². The predicted molar refractivity (Wildman–Crippen MR) is 130 cm³/mol. The highest BCUT2D eigenvalue weighted by atomic mass is 32.2. The smallest absolute Gasteiger partial charge is 0.00819 e. The van der Waals surface area contributed by atoms with Crippen LogP contribution in [0.4, 0.5) is 0 Å². The van der Waals surface area contributed by atoms with E-state index < -0.39 is 0 Å². The third-order valence-corrected chi connectivity index (χ3v) is 11.7. The van der Waals surface area contributed by atoms with Crippen LogP contribution in [0, 0.1) is 46.3 Å². The zero-order chi connectivity index (χ0) is 20.8. The van der Waals surface area contributed by atoms with E-state index in [2.05, 4.69) is 58.7 Å². The van der Waals surface area contributed by atoms with E-state index in [0.717, 1.165) is 40.8 Å². The topological polar surface area (TPSA) is 0 Å². The lowest BCUT2D eigenvalue weighted by molar-refractivity contribution is -0.0497. The van der Waals surface area contributed by atoms with Crippen molar-refractivity contribution >= 4 is 11.8 Å². The molecule has 4 aliphatic rings. The molecule has 0 nitrogen and oxygen atoms in total. The highest BCUT2D eigenvalue weighted by Crippen LogP contribution is 2.67. The minimum Gasteiger partial charge on any atom is -0.162 e. The van der Waals surface area contributed by atoms with Crippen LogP contribution < -0.4 is 0 Å². The first kappa shape index (κ1) is 22.3. The SMILES string of the molecule is CS[C@H]1CC[C@@]2(C)C(=CC[C@H]3[C@@H]4CC[C@H]([C@@H](C)CCCC(C)C)[C@@]4(C)CC[C@@H]32)C1. The van der Waals surface area contributed by atoms with Gasteiger partial charge in [0.15, 0.2) is 0 Å². The van der Waals surface area contributed by atoms with Crippen molar-refractivity contribution in [2.75, 3.05) is 6.26 Å². The van der Waals surface area contributed by atoms with Gasteiger partial charge in [0.25, 0.3) is 0 Å². The largest absolute Gasteiger partial charge is 0.162 e. The summed E-state index contributed by atoms with van der Waals surface area (Å²) in [5.41, 5.74) is 3.04. The van der Waals surface area contributed by atoms with Crippen LogP contribution >= 0.6 is 11.8 Å². The van der Waals surface area contributed by atoms with Gasteiger partial charge in [-0.05, 0) is 104 Å². The summed E-state index contributed by atoms with van der Waals surface area (Å²) in [4.78, 5) is 0. The maximum Gasteiger partial charge on any atom is 0.00819 e. The standard InChI is InChI=1S/C28H48S/c1-19(2)8-7-9-20(3)24-12-13-25-23-11-10-21-18-22(29-6)14-16-27(21,4)26(23)15-17-28(24,25)5/h10,19-20,22-26H,7-9,11-18H2,1-6H3/t20-,22-,23-,24+,25-,26-,27-,28+/m0/s1. The number of hydrogen-bond acceptors (Lipinski definition) is 1. The Labute approximate surface area is 186 Å². The molecule has 3 saturated carbocycles.